The molecule has 3 amide bonds. The van der Waals surface area contributed by atoms with Crippen LogP contribution in [0.5, 0.6) is 0 Å². The van der Waals surface area contributed by atoms with Crippen molar-refractivity contribution in [2.45, 2.75) is 71.5 Å². The second-order valence-corrected chi connectivity index (χ2v) is 10.7. The maximum atomic E-state index is 12.8. The van der Waals surface area contributed by atoms with Gasteiger partial charge in [-0.3, -0.25) is 33.6 Å². The third-order valence-electron chi connectivity index (χ3n) is 6.66. The van der Waals surface area contributed by atoms with E-state index >= 15 is 0 Å². The third-order valence-corrected chi connectivity index (χ3v) is 6.66. The molecule has 17 nitrogen and oxygen atoms in total. The van der Waals surface area contributed by atoms with Crippen molar-refractivity contribution in [2.75, 3.05) is 72.5 Å². The first-order chi connectivity index (χ1) is 22.8. The van der Waals surface area contributed by atoms with Gasteiger partial charge < -0.3 is 48.7 Å². The number of nitrogens with zero attached hydrogens (tertiary/aromatic N) is 1. The molecule has 1 aliphatic heterocycles. The molecule has 0 aromatic heterocycles. The molecule has 0 saturated carbocycles. The van der Waals surface area contributed by atoms with Crippen molar-refractivity contribution in [1.82, 2.24) is 15.5 Å². The van der Waals surface area contributed by atoms with E-state index in [0.29, 0.717) is 33.0 Å². The van der Waals surface area contributed by atoms with Crippen molar-refractivity contribution in [1.29, 1.82) is 0 Å². The number of hydrogen-bond donors (Lipinski definition) is 2. The van der Waals surface area contributed by atoms with Gasteiger partial charge >= 0.3 is 11.9 Å². The van der Waals surface area contributed by atoms with E-state index in [9.17, 15) is 33.6 Å². The zero-order valence-electron chi connectivity index (χ0n) is 28.3. The van der Waals surface area contributed by atoms with E-state index in [0.717, 1.165) is 20.8 Å². The van der Waals surface area contributed by atoms with Crippen molar-refractivity contribution in [3.63, 3.8) is 0 Å². The lowest BCUT2D eigenvalue weighted by Gasteiger charge is -2.45. The van der Waals surface area contributed by atoms with Crippen LogP contribution in [0.4, 0.5) is 0 Å². The van der Waals surface area contributed by atoms with Gasteiger partial charge in [0.25, 0.3) is 0 Å². The molecule has 2 N–H and O–H groups in total. The lowest BCUT2D eigenvalue weighted by Crippen LogP contribution is -2.67. The lowest BCUT2D eigenvalue weighted by atomic mass is 9.88. The number of rotatable bonds is 24. The smallest absolute Gasteiger partial charge is 0.303 e. The van der Waals surface area contributed by atoms with E-state index in [-0.39, 0.29) is 51.8 Å². The molecule has 0 aromatic carbocycles. The minimum absolute atomic E-state index is 0.0192. The Labute approximate surface area is 280 Å². The highest BCUT2D eigenvalue weighted by atomic mass is 16.6. The summed E-state index contributed by atoms with van der Waals surface area (Å²) in [7, 11) is 0. The molecule has 0 bridgehead atoms. The molecule has 1 aliphatic rings. The summed E-state index contributed by atoms with van der Waals surface area (Å²) in [4.78, 5) is 86.4. The lowest BCUT2D eigenvalue weighted by molar-refractivity contribution is -0.216. The standard InChI is InChI=1S/C31H49N3O14/c1-7-11-42-15-17-45-18-16-44-13-9-32-26(40)19-34(22(4)37)10-14-43-12-8-25-27(33-21(3)36)29(46-23(5)38)31(47-24(6)39)30(48-25)28(41)20(2)35/h7,25,27,29-31H,1,8-19H2,2-6H3,(H,32,40)(H,33,36)/t25-,27+,29-,30-,31-/m1/s1. The van der Waals surface area contributed by atoms with Crippen molar-refractivity contribution < 1.29 is 66.7 Å². The summed E-state index contributed by atoms with van der Waals surface area (Å²) in [6.07, 6.45) is -3.81. The van der Waals surface area contributed by atoms with E-state index in [4.69, 9.17) is 33.2 Å². The molecule has 48 heavy (non-hydrogen) atoms. The van der Waals surface area contributed by atoms with E-state index in [1.54, 1.807) is 6.08 Å². The van der Waals surface area contributed by atoms with Crippen LogP contribution < -0.4 is 10.6 Å². The monoisotopic (exact) mass is 687 g/mol. The zero-order chi connectivity index (χ0) is 36.1. The minimum atomic E-state index is -1.61. The normalized spacial score (nSPS) is 20.2. The number of carbonyl (C=O) groups is 7. The highest BCUT2D eigenvalue weighted by Crippen LogP contribution is 2.29. The van der Waals surface area contributed by atoms with Crippen molar-refractivity contribution in [3.05, 3.63) is 12.7 Å². The van der Waals surface area contributed by atoms with Crippen LogP contribution in [0.25, 0.3) is 0 Å². The summed E-state index contributed by atoms with van der Waals surface area (Å²) in [6.45, 7) is 11.7. The van der Waals surface area contributed by atoms with E-state index in [2.05, 4.69) is 17.2 Å². The second kappa shape index (κ2) is 23.5. The Morgan fingerprint density at radius 2 is 1.35 bits per heavy atom. The van der Waals surface area contributed by atoms with E-state index < -0.39 is 65.8 Å². The average Bonchev–Trinajstić information content (AvgIpc) is 3.00. The van der Waals surface area contributed by atoms with Gasteiger partial charge in [-0.05, 0) is 6.42 Å². The van der Waals surface area contributed by atoms with Crippen LogP contribution in [0, 0.1) is 0 Å². The highest BCUT2D eigenvalue weighted by molar-refractivity contribution is 6.38. The Morgan fingerprint density at radius 1 is 0.771 bits per heavy atom. The third kappa shape index (κ3) is 16.9. The van der Waals surface area contributed by atoms with Gasteiger partial charge in [-0.25, -0.2) is 0 Å². The molecule has 1 rings (SSSR count). The van der Waals surface area contributed by atoms with E-state index in [1.807, 2.05) is 0 Å². The molecule has 17 heteroatoms. The Bertz CT molecular complexity index is 1100. The summed E-state index contributed by atoms with van der Waals surface area (Å²) < 4.78 is 38.1. The van der Waals surface area contributed by atoms with Gasteiger partial charge in [0.2, 0.25) is 23.5 Å². The van der Waals surface area contributed by atoms with Gasteiger partial charge in [-0.15, -0.1) is 6.58 Å². The Balaban J connectivity index is 2.66. The van der Waals surface area contributed by atoms with E-state index in [1.165, 1.54) is 18.7 Å². The van der Waals surface area contributed by atoms with Crippen LogP contribution >= 0.6 is 0 Å². The molecule has 5 atom stereocenters. The molecule has 1 fully saturated rings. The van der Waals surface area contributed by atoms with Crippen molar-refractivity contribution in [2.24, 2.45) is 0 Å². The van der Waals surface area contributed by atoms with Gasteiger partial charge in [-0.2, -0.15) is 0 Å². The predicted molar refractivity (Wildman–Crippen MR) is 166 cm³/mol. The average molecular weight is 688 g/mol. The highest BCUT2D eigenvalue weighted by Gasteiger charge is 2.53. The summed E-state index contributed by atoms with van der Waals surface area (Å²) >= 11 is 0. The molecule has 1 saturated heterocycles. The summed E-state index contributed by atoms with van der Waals surface area (Å²) in [5.41, 5.74) is 0. The molecule has 1 heterocycles. The SMILES string of the molecule is C=CCOCCOCCOCCNC(=O)CN(CCOCC[C@H]1O[C@H](C(=O)C(C)=O)[C@H](OC(C)=O)[C@H](OC(C)=O)[C@H]1NC(C)=O)C(C)=O. The van der Waals surface area contributed by atoms with Crippen molar-refractivity contribution in [3.8, 4) is 0 Å². The topological polar surface area (TPSA) is 211 Å². The second-order valence-electron chi connectivity index (χ2n) is 10.7. The van der Waals surface area contributed by atoms with Gasteiger partial charge in [0.15, 0.2) is 24.1 Å². The first kappa shape index (κ1) is 42.3. The van der Waals surface area contributed by atoms with Gasteiger partial charge in [-0.1, -0.05) is 6.08 Å². The largest absolute Gasteiger partial charge is 0.456 e. The number of ether oxygens (including phenoxy) is 7. The summed E-state index contributed by atoms with van der Waals surface area (Å²) in [5, 5.41) is 5.29. The molecule has 0 radical (unpaired) electrons. The Hall–Kier alpha value is -3.77. The fraction of sp³-hybridized carbons (Fsp3) is 0.710. The van der Waals surface area contributed by atoms with Crippen LogP contribution in [0.15, 0.2) is 12.7 Å². The molecule has 0 unspecified atom stereocenters. The summed E-state index contributed by atoms with van der Waals surface area (Å²) in [5.74, 6) is -4.77. The summed E-state index contributed by atoms with van der Waals surface area (Å²) in [6, 6.07) is -1.08. The van der Waals surface area contributed by atoms with Crippen LogP contribution in [-0.4, -0.2) is 149 Å². The van der Waals surface area contributed by atoms with Crippen LogP contribution in [0.3, 0.4) is 0 Å². The Kier molecular flexibility index (Phi) is 20.7. The number of carbonyl (C=O) groups excluding carboxylic acids is 7. The zero-order valence-corrected chi connectivity index (χ0v) is 28.3. The molecular weight excluding hydrogens is 638 g/mol. The maximum absolute atomic E-state index is 12.8. The quantitative estimate of drug-likeness (QED) is 0.0533. The first-order valence-corrected chi connectivity index (χ1v) is 15.5. The van der Waals surface area contributed by atoms with Crippen LogP contribution in [0.2, 0.25) is 0 Å². The number of hydrogen-bond acceptors (Lipinski definition) is 14. The van der Waals surface area contributed by atoms with Crippen LogP contribution in [-0.2, 0) is 66.7 Å². The van der Waals surface area contributed by atoms with Crippen LogP contribution in [0.1, 0.15) is 41.0 Å². The molecular formula is C31H49N3O14. The minimum Gasteiger partial charge on any atom is -0.456 e. The first-order valence-electron chi connectivity index (χ1n) is 15.5. The number of Topliss-reactive ketones (excluding diaryl/α,β-unsaturated/α-hetero) is 2. The fourth-order valence-corrected chi connectivity index (χ4v) is 4.58. The Morgan fingerprint density at radius 3 is 1.92 bits per heavy atom. The molecule has 272 valence electrons. The number of esters is 2. The molecule has 0 spiro atoms. The van der Waals surface area contributed by atoms with Gasteiger partial charge in [0.1, 0.15) is 0 Å². The molecule has 0 aliphatic carbocycles. The maximum Gasteiger partial charge on any atom is 0.303 e. The number of amides is 3. The fourth-order valence-electron chi connectivity index (χ4n) is 4.58. The van der Waals surface area contributed by atoms with Crippen molar-refractivity contribution >= 4 is 41.2 Å². The predicted octanol–water partition coefficient (Wildman–Crippen LogP) is -1.11. The molecule has 0 aromatic rings. The number of ketones is 2. The van der Waals surface area contributed by atoms with Gasteiger partial charge in [0.05, 0.1) is 64.9 Å². The van der Waals surface area contributed by atoms with Gasteiger partial charge in [0, 0.05) is 54.3 Å². The number of nitrogens with one attached hydrogen (secondary N) is 2.